The van der Waals surface area contributed by atoms with Gasteiger partial charge in [-0.15, -0.1) is 0 Å². The minimum Gasteiger partial charge on any atom is -0.346 e. The number of pyridine rings is 1. The zero-order valence-electron chi connectivity index (χ0n) is 16.4. The van der Waals surface area contributed by atoms with E-state index in [1.165, 1.54) is 16.5 Å². The summed E-state index contributed by atoms with van der Waals surface area (Å²) in [6, 6.07) is 14.6. The van der Waals surface area contributed by atoms with E-state index in [1.54, 1.807) is 4.90 Å². The standard InChI is InChI=1S/C22H27N5O/c1-3-16-8-9-18(23-13-16)14-26(2)22(28)20-12-19(24-25-20)15-27-11-10-17-6-4-5-7-21(17)27/h4-11,13,19-20,24-25H,3,12,14-15H2,1-2H3. The third kappa shape index (κ3) is 3.93. The van der Waals surface area contributed by atoms with Gasteiger partial charge in [0.05, 0.1) is 12.2 Å². The van der Waals surface area contributed by atoms with Gasteiger partial charge < -0.3 is 9.47 Å². The van der Waals surface area contributed by atoms with Gasteiger partial charge in [-0.1, -0.05) is 31.2 Å². The Morgan fingerprint density at radius 2 is 2.07 bits per heavy atom. The quantitative estimate of drug-likeness (QED) is 0.693. The number of likely N-dealkylation sites (N-methyl/N-ethyl adjacent to an activating group) is 1. The van der Waals surface area contributed by atoms with Crippen molar-refractivity contribution in [3.63, 3.8) is 0 Å². The molecule has 1 aliphatic heterocycles. The van der Waals surface area contributed by atoms with Crippen LogP contribution in [0.1, 0.15) is 24.6 Å². The highest BCUT2D eigenvalue weighted by Gasteiger charge is 2.31. The number of amides is 1. The van der Waals surface area contributed by atoms with E-state index in [-0.39, 0.29) is 18.0 Å². The van der Waals surface area contributed by atoms with E-state index < -0.39 is 0 Å². The Bertz CT molecular complexity index is 949. The minimum absolute atomic E-state index is 0.0914. The number of carbonyl (C=O) groups excluding carboxylic acids is 1. The molecule has 1 saturated heterocycles. The number of hydrazine groups is 1. The van der Waals surface area contributed by atoms with Gasteiger partial charge in [0.2, 0.25) is 5.91 Å². The summed E-state index contributed by atoms with van der Waals surface area (Å²) >= 11 is 0. The highest BCUT2D eigenvalue weighted by Crippen LogP contribution is 2.18. The van der Waals surface area contributed by atoms with Crippen molar-refractivity contribution in [2.75, 3.05) is 7.05 Å². The van der Waals surface area contributed by atoms with Gasteiger partial charge in [-0.05, 0) is 42.0 Å². The van der Waals surface area contributed by atoms with Crippen molar-refractivity contribution in [3.05, 3.63) is 66.1 Å². The molecule has 0 saturated carbocycles. The summed E-state index contributed by atoms with van der Waals surface area (Å²) in [5, 5.41) is 1.24. The van der Waals surface area contributed by atoms with Gasteiger partial charge in [0.15, 0.2) is 0 Å². The monoisotopic (exact) mass is 377 g/mol. The second-order valence-electron chi connectivity index (χ2n) is 7.51. The van der Waals surface area contributed by atoms with Crippen molar-refractivity contribution in [3.8, 4) is 0 Å². The topological polar surface area (TPSA) is 62.2 Å². The molecule has 1 fully saturated rings. The second kappa shape index (κ2) is 8.12. The average molecular weight is 377 g/mol. The highest BCUT2D eigenvalue weighted by atomic mass is 16.2. The maximum absolute atomic E-state index is 12.8. The number of aryl methyl sites for hydroxylation is 1. The molecule has 0 bridgehead atoms. The lowest BCUT2D eigenvalue weighted by molar-refractivity contribution is -0.132. The Morgan fingerprint density at radius 1 is 1.21 bits per heavy atom. The summed E-state index contributed by atoms with van der Waals surface area (Å²) in [5.74, 6) is 0.0914. The molecule has 6 heteroatoms. The van der Waals surface area contributed by atoms with Crippen LogP contribution in [-0.2, 0) is 24.3 Å². The first kappa shape index (κ1) is 18.7. The first-order chi connectivity index (χ1) is 13.6. The Hall–Kier alpha value is -2.70. The van der Waals surface area contributed by atoms with Crippen LogP contribution in [0.15, 0.2) is 54.9 Å². The molecule has 1 amide bonds. The number of carbonyl (C=O) groups is 1. The van der Waals surface area contributed by atoms with Gasteiger partial charge in [-0.2, -0.15) is 0 Å². The Labute approximate surface area is 165 Å². The number of hydrogen-bond donors (Lipinski definition) is 2. The molecule has 3 aromatic rings. The Kier molecular flexibility index (Phi) is 5.41. The number of nitrogens with one attached hydrogen (secondary N) is 2. The SMILES string of the molecule is CCc1ccc(CN(C)C(=O)C2CC(Cn3ccc4ccccc43)NN2)nc1. The zero-order valence-corrected chi connectivity index (χ0v) is 16.4. The van der Waals surface area contributed by atoms with Crippen LogP contribution < -0.4 is 10.9 Å². The Balaban J connectivity index is 1.34. The summed E-state index contributed by atoms with van der Waals surface area (Å²) in [4.78, 5) is 19.0. The normalized spacial score (nSPS) is 19.2. The molecular formula is C22H27N5O. The summed E-state index contributed by atoms with van der Waals surface area (Å²) < 4.78 is 2.24. The highest BCUT2D eigenvalue weighted by molar-refractivity contribution is 5.82. The van der Waals surface area contributed by atoms with E-state index in [2.05, 4.69) is 69.9 Å². The van der Waals surface area contributed by atoms with Crippen LogP contribution >= 0.6 is 0 Å². The van der Waals surface area contributed by atoms with E-state index >= 15 is 0 Å². The van der Waals surface area contributed by atoms with Gasteiger partial charge in [0, 0.05) is 37.5 Å². The summed E-state index contributed by atoms with van der Waals surface area (Å²) in [6.07, 6.45) is 5.73. The zero-order chi connectivity index (χ0) is 19.5. The minimum atomic E-state index is -0.216. The number of hydrogen-bond acceptors (Lipinski definition) is 4. The lowest BCUT2D eigenvalue weighted by atomic mass is 10.1. The molecule has 28 heavy (non-hydrogen) atoms. The molecular weight excluding hydrogens is 350 g/mol. The van der Waals surface area contributed by atoms with Crippen molar-refractivity contribution in [2.45, 2.75) is 44.9 Å². The van der Waals surface area contributed by atoms with Crippen molar-refractivity contribution < 1.29 is 4.79 Å². The third-order valence-electron chi connectivity index (χ3n) is 5.45. The van der Waals surface area contributed by atoms with Crippen LogP contribution in [0.3, 0.4) is 0 Å². The van der Waals surface area contributed by atoms with Gasteiger partial charge in [0.25, 0.3) is 0 Å². The molecule has 0 spiro atoms. The van der Waals surface area contributed by atoms with Gasteiger partial charge >= 0.3 is 0 Å². The van der Waals surface area contributed by atoms with Crippen molar-refractivity contribution in [2.24, 2.45) is 0 Å². The van der Waals surface area contributed by atoms with Crippen molar-refractivity contribution >= 4 is 16.8 Å². The van der Waals surface area contributed by atoms with E-state index in [0.717, 1.165) is 25.1 Å². The molecule has 1 aromatic carbocycles. The molecule has 6 nitrogen and oxygen atoms in total. The summed E-state index contributed by atoms with van der Waals surface area (Å²) in [6.45, 7) is 3.46. The van der Waals surface area contributed by atoms with Crippen LogP contribution in [0.4, 0.5) is 0 Å². The summed E-state index contributed by atoms with van der Waals surface area (Å²) in [5.41, 5.74) is 9.81. The van der Waals surface area contributed by atoms with Gasteiger partial charge in [-0.3, -0.25) is 15.2 Å². The Morgan fingerprint density at radius 3 is 2.86 bits per heavy atom. The van der Waals surface area contributed by atoms with Gasteiger partial charge in [0.1, 0.15) is 6.04 Å². The largest absolute Gasteiger partial charge is 0.346 e. The number of rotatable bonds is 6. The molecule has 0 aliphatic carbocycles. The molecule has 4 rings (SSSR count). The molecule has 2 atom stereocenters. The van der Waals surface area contributed by atoms with Crippen LogP contribution in [-0.4, -0.2) is 39.5 Å². The molecule has 2 N–H and O–H groups in total. The lowest BCUT2D eigenvalue weighted by Gasteiger charge is -2.20. The molecule has 1 aliphatic rings. The molecule has 0 radical (unpaired) electrons. The maximum Gasteiger partial charge on any atom is 0.241 e. The van der Waals surface area contributed by atoms with Crippen molar-refractivity contribution in [1.82, 2.24) is 25.3 Å². The van der Waals surface area contributed by atoms with Crippen LogP contribution in [0.2, 0.25) is 0 Å². The van der Waals surface area contributed by atoms with Crippen molar-refractivity contribution in [1.29, 1.82) is 0 Å². The molecule has 146 valence electrons. The predicted octanol–water partition coefficient (Wildman–Crippen LogP) is 2.49. The first-order valence-electron chi connectivity index (χ1n) is 9.87. The summed E-state index contributed by atoms with van der Waals surface area (Å²) in [7, 11) is 1.84. The predicted molar refractivity (Wildman–Crippen MR) is 110 cm³/mol. The smallest absolute Gasteiger partial charge is 0.241 e. The van der Waals surface area contributed by atoms with Crippen LogP contribution in [0.25, 0.3) is 10.9 Å². The van der Waals surface area contributed by atoms with E-state index in [4.69, 9.17) is 0 Å². The van der Waals surface area contributed by atoms with Gasteiger partial charge in [-0.25, -0.2) is 5.43 Å². The number of fused-ring (bicyclic) bond motifs is 1. The molecule has 2 aromatic heterocycles. The third-order valence-corrected chi connectivity index (χ3v) is 5.45. The maximum atomic E-state index is 12.8. The number of para-hydroxylation sites is 1. The first-order valence-corrected chi connectivity index (χ1v) is 9.87. The second-order valence-corrected chi connectivity index (χ2v) is 7.51. The molecule has 3 heterocycles. The number of aromatic nitrogens is 2. The fourth-order valence-corrected chi connectivity index (χ4v) is 3.79. The fraction of sp³-hybridized carbons (Fsp3) is 0.364. The lowest BCUT2D eigenvalue weighted by Crippen LogP contribution is -2.44. The fourth-order valence-electron chi connectivity index (χ4n) is 3.79. The van der Waals surface area contributed by atoms with E-state index in [0.29, 0.717) is 6.54 Å². The average Bonchev–Trinajstić information content (AvgIpc) is 3.36. The number of benzene rings is 1. The number of nitrogens with zero attached hydrogens (tertiary/aromatic N) is 3. The molecule has 2 unspecified atom stereocenters. The van der Waals surface area contributed by atoms with E-state index in [1.807, 2.05) is 19.3 Å². The van der Waals surface area contributed by atoms with E-state index in [9.17, 15) is 4.79 Å². The van der Waals surface area contributed by atoms with Crippen LogP contribution in [0, 0.1) is 0 Å². The van der Waals surface area contributed by atoms with Crippen LogP contribution in [0.5, 0.6) is 0 Å².